The molecule has 0 N–H and O–H groups in total. The molecule has 1 fully saturated rings. The summed E-state index contributed by atoms with van der Waals surface area (Å²) in [6, 6.07) is 7.89. The summed E-state index contributed by atoms with van der Waals surface area (Å²) in [4.78, 5) is 16.8. The molecule has 1 amide bonds. The van der Waals surface area contributed by atoms with Crippen molar-refractivity contribution in [2.75, 3.05) is 39.3 Å². The molecule has 1 aromatic carbocycles. The van der Waals surface area contributed by atoms with E-state index in [0.717, 1.165) is 44.9 Å². The second-order valence-corrected chi connectivity index (χ2v) is 6.62. The lowest BCUT2D eigenvalue weighted by molar-refractivity contribution is 0.0629. The van der Waals surface area contributed by atoms with E-state index in [2.05, 4.69) is 4.90 Å². The largest absolute Gasteiger partial charge is 0.494 e. The molecule has 140 valence electrons. The molecule has 1 aliphatic rings. The molecule has 0 aliphatic carbocycles. The molecule has 0 unspecified atom stereocenters. The summed E-state index contributed by atoms with van der Waals surface area (Å²) in [6.07, 6.45) is 0.894. The highest BCUT2D eigenvalue weighted by Crippen LogP contribution is 2.17. The van der Waals surface area contributed by atoms with Gasteiger partial charge in [0.05, 0.1) is 12.2 Å². The van der Waals surface area contributed by atoms with Gasteiger partial charge in [0.25, 0.3) is 5.91 Å². The van der Waals surface area contributed by atoms with Gasteiger partial charge >= 0.3 is 0 Å². The zero-order chi connectivity index (χ0) is 18.5. The summed E-state index contributed by atoms with van der Waals surface area (Å²) in [5.74, 6) is 1.94. The summed E-state index contributed by atoms with van der Waals surface area (Å²) in [6.45, 7) is 8.37. The minimum atomic E-state index is -0.259. The molecule has 5 nitrogen and oxygen atoms in total. The molecule has 0 saturated carbocycles. The second-order valence-electron chi connectivity index (χ2n) is 6.62. The third-order valence-corrected chi connectivity index (χ3v) is 4.63. The van der Waals surface area contributed by atoms with Crippen molar-refractivity contribution in [3.63, 3.8) is 0 Å². The number of benzene rings is 1. The van der Waals surface area contributed by atoms with Crippen LogP contribution in [0.25, 0.3) is 0 Å². The average molecular weight is 360 g/mol. The van der Waals surface area contributed by atoms with E-state index in [-0.39, 0.29) is 11.7 Å². The van der Waals surface area contributed by atoms with Crippen molar-refractivity contribution < 1.29 is 18.3 Å². The van der Waals surface area contributed by atoms with Gasteiger partial charge in [0.2, 0.25) is 0 Å². The summed E-state index contributed by atoms with van der Waals surface area (Å²) >= 11 is 0. The first-order valence-electron chi connectivity index (χ1n) is 9.00. The van der Waals surface area contributed by atoms with Crippen molar-refractivity contribution in [2.45, 2.75) is 20.3 Å². The Hall–Kier alpha value is -2.34. The van der Waals surface area contributed by atoms with E-state index in [1.807, 2.05) is 24.8 Å². The van der Waals surface area contributed by atoms with Gasteiger partial charge in [-0.15, -0.1) is 0 Å². The summed E-state index contributed by atoms with van der Waals surface area (Å²) in [5.41, 5.74) is 0.670. The Bertz CT molecular complexity index is 734. The van der Waals surface area contributed by atoms with Crippen LogP contribution in [-0.4, -0.2) is 55.0 Å². The van der Waals surface area contributed by atoms with E-state index < -0.39 is 0 Å². The normalized spacial score (nSPS) is 15.3. The van der Waals surface area contributed by atoms with Crippen LogP contribution in [0.15, 0.2) is 34.7 Å². The molecule has 6 heteroatoms. The van der Waals surface area contributed by atoms with Crippen molar-refractivity contribution in [3.8, 4) is 5.75 Å². The molecule has 26 heavy (non-hydrogen) atoms. The lowest BCUT2D eigenvalue weighted by atomic mass is 10.2. The predicted octanol–water partition coefficient (Wildman–Crippen LogP) is 3.26. The highest BCUT2D eigenvalue weighted by atomic mass is 19.1. The molecule has 0 spiro atoms. The van der Waals surface area contributed by atoms with Gasteiger partial charge in [0, 0.05) is 32.7 Å². The summed E-state index contributed by atoms with van der Waals surface area (Å²) < 4.78 is 23.9. The molecule has 2 aromatic rings. The zero-order valence-corrected chi connectivity index (χ0v) is 15.3. The minimum Gasteiger partial charge on any atom is -0.494 e. The highest BCUT2D eigenvalue weighted by Gasteiger charge is 2.24. The molecular weight excluding hydrogens is 335 g/mol. The lowest BCUT2D eigenvalue weighted by Crippen LogP contribution is -2.49. The van der Waals surface area contributed by atoms with Gasteiger partial charge in [-0.2, -0.15) is 0 Å². The number of nitrogens with zero attached hydrogens (tertiary/aromatic N) is 2. The third-order valence-electron chi connectivity index (χ3n) is 4.63. The number of halogens is 1. The molecular formula is C20H25FN2O3. The van der Waals surface area contributed by atoms with Crippen molar-refractivity contribution in [3.05, 3.63) is 53.2 Å². The van der Waals surface area contributed by atoms with Crippen LogP contribution in [0, 0.1) is 19.7 Å². The number of amides is 1. The number of carbonyl (C=O) groups is 1. The molecule has 1 aliphatic heterocycles. The quantitative estimate of drug-likeness (QED) is 0.742. The Balaban J connectivity index is 1.38. The van der Waals surface area contributed by atoms with E-state index in [0.29, 0.717) is 23.7 Å². The predicted molar refractivity (Wildman–Crippen MR) is 97.0 cm³/mol. The Labute approximate surface area is 153 Å². The number of ether oxygens (including phenoxy) is 1. The van der Waals surface area contributed by atoms with Gasteiger partial charge in [-0.05, 0) is 50.6 Å². The van der Waals surface area contributed by atoms with Crippen LogP contribution >= 0.6 is 0 Å². The smallest absolute Gasteiger partial charge is 0.257 e. The fraction of sp³-hybridized carbons (Fsp3) is 0.450. The maximum absolute atomic E-state index is 12.8. The van der Waals surface area contributed by atoms with Gasteiger partial charge < -0.3 is 14.1 Å². The molecule has 0 radical (unpaired) electrons. The molecule has 2 heterocycles. The number of rotatable bonds is 6. The van der Waals surface area contributed by atoms with E-state index in [1.54, 1.807) is 12.1 Å². The number of carbonyl (C=O) groups excluding carboxylic acids is 1. The van der Waals surface area contributed by atoms with Crippen molar-refractivity contribution >= 4 is 5.91 Å². The van der Waals surface area contributed by atoms with Gasteiger partial charge in [0.15, 0.2) is 0 Å². The van der Waals surface area contributed by atoms with E-state index in [9.17, 15) is 9.18 Å². The van der Waals surface area contributed by atoms with Gasteiger partial charge in [0.1, 0.15) is 23.1 Å². The minimum absolute atomic E-state index is 0.0543. The van der Waals surface area contributed by atoms with E-state index in [1.165, 1.54) is 12.1 Å². The molecule has 1 saturated heterocycles. The maximum Gasteiger partial charge on any atom is 0.257 e. The summed E-state index contributed by atoms with van der Waals surface area (Å²) in [5, 5.41) is 0. The van der Waals surface area contributed by atoms with Crippen LogP contribution in [0.5, 0.6) is 5.75 Å². The highest BCUT2D eigenvalue weighted by molar-refractivity contribution is 5.95. The van der Waals surface area contributed by atoms with Gasteiger partial charge in [-0.3, -0.25) is 9.69 Å². The standard InChI is InChI=1S/C20H25FN2O3/c1-15-14-19(16(2)26-15)20(24)23-11-9-22(10-12-23)8-3-13-25-18-6-4-17(21)5-7-18/h4-7,14H,3,8-13H2,1-2H3. The van der Waals surface area contributed by atoms with Crippen LogP contribution in [0.2, 0.25) is 0 Å². The number of hydrogen-bond acceptors (Lipinski definition) is 4. The molecule has 0 bridgehead atoms. The van der Waals surface area contributed by atoms with Crippen molar-refractivity contribution in [2.24, 2.45) is 0 Å². The van der Waals surface area contributed by atoms with Crippen molar-refractivity contribution in [1.29, 1.82) is 0 Å². The number of hydrogen-bond donors (Lipinski definition) is 0. The van der Waals surface area contributed by atoms with Gasteiger partial charge in [-0.25, -0.2) is 4.39 Å². The summed E-state index contributed by atoms with van der Waals surface area (Å²) in [7, 11) is 0. The first kappa shape index (κ1) is 18.5. The van der Waals surface area contributed by atoms with Crippen molar-refractivity contribution in [1.82, 2.24) is 9.80 Å². The number of piperazine rings is 1. The number of aryl methyl sites for hydroxylation is 2. The van der Waals surface area contributed by atoms with Crippen LogP contribution in [0.3, 0.4) is 0 Å². The number of furan rings is 1. The molecule has 3 rings (SSSR count). The lowest BCUT2D eigenvalue weighted by Gasteiger charge is -2.34. The fourth-order valence-electron chi connectivity index (χ4n) is 3.20. The zero-order valence-electron chi connectivity index (χ0n) is 15.3. The first-order valence-corrected chi connectivity index (χ1v) is 9.00. The topological polar surface area (TPSA) is 45.9 Å². The van der Waals surface area contributed by atoms with Crippen LogP contribution in [0.1, 0.15) is 28.3 Å². The monoisotopic (exact) mass is 360 g/mol. The van der Waals surface area contributed by atoms with E-state index in [4.69, 9.17) is 9.15 Å². The SMILES string of the molecule is Cc1cc(C(=O)N2CCN(CCCOc3ccc(F)cc3)CC2)c(C)o1. The Kier molecular flexibility index (Phi) is 5.93. The van der Waals surface area contributed by atoms with E-state index >= 15 is 0 Å². The second kappa shape index (κ2) is 8.36. The fourth-order valence-corrected chi connectivity index (χ4v) is 3.20. The van der Waals surface area contributed by atoms with Crippen LogP contribution in [-0.2, 0) is 0 Å². The maximum atomic E-state index is 12.8. The Morgan fingerprint density at radius 1 is 1.15 bits per heavy atom. The Morgan fingerprint density at radius 3 is 2.46 bits per heavy atom. The van der Waals surface area contributed by atoms with Gasteiger partial charge in [-0.1, -0.05) is 0 Å². The molecule has 0 atom stereocenters. The first-order chi connectivity index (χ1) is 12.5. The Morgan fingerprint density at radius 2 is 1.85 bits per heavy atom. The van der Waals surface area contributed by atoms with Crippen LogP contribution in [0.4, 0.5) is 4.39 Å². The average Bonchev–Trinajstić information content (AvgIpc) is 2.98. The third kappa shape index (κ3) is 4.64. The van der Waals surface area contributed by atoms with Crippen LogP contribution < -0.4 is 4.74 Å². The molecule has 1 aromatic heterocycles.